The summed E-state index contributed by atoms with van der Waals surface area (Å²) in [6, 6.07) is 9.43. The van der Waals surface area contributed by atoms with Crippen LogP contribution in [0.1, 0.15) is 32.7 Å². The Morgan fingerprint density at radius 1 is 1.26 bits per heavy atom. The highest BCUT2D eigenvalue weighted by Crippen LogP contribution is 2.36. The molecular weight excluding hydrogens is 420 g/mol. The molecular formula is C20H18N6O4S. The summed E-state index contributed by atoms with van der Waals surface area (Å²) < 4.78 is 1.65. The van der Waals surface area contributed by atoms with Crippen LogP contribution in [0.25, 0.3) is 0 Å². The predicted octanol–water partition coefficient (Wildman–Crippen LogP) is 2.57. The number of benzene rings is 2. The quantitative estimate of drug-likeness (QED) is 0.477. The van der Waals surface area contributed by atoms with E-state index in [4.69, 9.17) is 5.73 Å². The van der Waals surface area contributed by atoms with Gasteiger partial charge in [0.15, 0.2) is 5.16 Å². The first-order valence-corrected chi connectivity index (χ1v) is 10.2. The van der Waals surface area contributed by atoms with Crippen molar-refractivity contribution in [3.05, 3.63) is 69.5 Å². The predicted molar refractivity (Wildman–Crippen MR) is 113 cm³/mol. The van der Waals surface area contributed by atoms with Crippen molar-refractivity contribution in [2.45, 2.75) is 22.9 Å². The summed E-state index contributed by atoms with van der Waals surface area (Å²) in [5, 5.41) is 19.9. The fourth-order valence-corrected chi connectivity index (χ4v) is 4.41. The Morgan fingerprint density at radius 3 is 2.74 bits per heavy atom. The van der Waals surface area contributed by atoms with Crippen molar-refractivity contribution in [3.63, 3.8) is 0 Å². The molecule has 158 valence electrons. The van der Waals surface area contributed by atoms with Crippen molar-refractivity contribution in [1.82, 2.24) is 14.8 Å². The molecule has 0 saturated carbocycles. The minimum atomic E-state index is -0.549. The van der Waals surface area contributed by atoms with E-state index in [0.29, 0.717) is 40.7 Å². The Labute approximate surface area is 181 Å². The fourth-order valence-electron chi connectivity index (χ4n) is 3.57. The molecule has 0 radical (unpaired) electrons. The van der Waals surface area contributed by atoms with E-state index in [0.717, 1.165) is 17.3 Å². The number of hydrogen-bond donors (Lipinski definition) is 1. The van der Waals surface area contributed by atoms with E-state index < -0.39 is 10.8 Å². The van der Waals surface area contributed by atoms with Crippen LogP contribution in [0.2, 0.25) is 0 Å². The van der Waals surface area contributed by atoms with Gasteiger partial charge in [-0.2, -0.15) is 0 Å². The maximum atomic E-state index is 13.3. The highest BCUT2D eigenvalue weighted by molar-refractivity contribution is 7.99. The maximum absolute atomic E-state index is 13.3. The number of aryl methyl sites for hydroxylation is 1. The molecule has 1 aromatic heterocycles. The number of amides is 2. The number of carbonyl (C=O) groups is 2. The average Bonchev–Trinajstić information content (AvgIpc) is 3.16. The lowest BCUT2D eigenvalue weighted by Crippen LogP contribution is -2.36. The highest BCUT2D eigenvalue weighted by Gasteiger charge is 2.28. The number of carbonyl (C=O) groups excluding carboxylic acids is 2. The van der Waals surface area contributed by atoms with Gasteiger partial charge < -0.3 is 15.2 Å². The van der Waals surface area contributed by atoms with Gasteiger partial charge in [0.2, 0.25) is 5.91 Å². The van der Waals surface area contributed by atoms with Gasteiger partial charge in [0.1, 0.15) is 6.33 Å². The standard InChI is InChI=1S/C20H18N6O4S/c1-24-11-22-23-20(24)31-17-8-7-12(10-16(17)26(29)30)19(28)25-9-3-5-13-14(18(21)27)4-2-6-15(13)25/h2,4,6-8,10-11H,3,5,9H2,1H3,(H2,21,27). The zero-order valence-corrected chi connectivity index (χ0v) is 17.3. The molecule has 4 rings (SSSR count). The second-order valence-corrected chi connectivity index (χ2v) is 8.00. The number of aromatic nitrogens is 3. The molecule has 2 amide bonds. The molecule has 2 N–H and O–H groups in total. The molecule has 1 aliphatic rings. The van der Waals surface area contributed by atoms with Crippen LogP contribution in [0, 0.1) is 10.1 Å². The normalized spacial score (nSPS) is 13.0. The second kappa shape index (κ2) is 8.19. The minimum Gasteiger partial charge on any atom is -0.366 e. The first kappa shape index (κ1) is 20.5. The largest absolute Gasteiger partial charge is 0.366 e. The summed E-state index contributed by atoms with van der Waals surface area (Å²) in [6.07, 6.45) is 2.79. The monoisotopic (exact) mass is 438 g/mol. The van der Waals surface area contributed by atoms with Gasteiger partial charge in [-0.3, -0.25) is 19.7 Å². The number of nitrogens with zero attached hydrogens (tertiary/aromatic N) is 5. The van der Waals surface area contributed by atoms with Gasteiger partial charge in [0, 0.05) is 36.5 Å². The molecule has 2 heterocycles. The minimum absolute atomic E-state index is 0.186. The lowest BCUT2D eigenvalue weighted by atomic mass is 9.95. The summed E-state index contributed by atoms with van der Waals surface area (Å²) in [4.78, 5) is 38.1. The van der Waals surface area contributed by atoms with Gasteiger partial charge in [-0.1, -0.05) is 6.07 Å². The van der Waals surface area contributed by atoms with E-state index in [1.54, 1.807) is 40.8 Å². The summed E-state index contributed by atoms with van der Waals surface area (Å²) in [6.45, 7) is 0.442. The third kappa shape index (κ3) is 3.87. The van der Waals surface area contributed by atoms with Crippen molar-refractivity contribution in [1.29, 1.82) is 0 Å². The Morgan fingerprint density at radius 2 is 2.06 bits per heavy atom. The second-order valence-electron chi connectivity index (χ2n) is 6.99. The van der Waals surface area contributed by atoms with Crippen LogP contribution >= 0.6 is 11.8 Å². The summed E-state index contributed by atoms with van der Waals surface area (Å²) in [5.41, 5.74) is 7.18. The topological polar surface area (TPSA) is 137 Å². The number of nitro groups is 1. The van der Waals surface area contributed by atoms with E-state index in [1.165, 1.54) is 18.5 Å². The molecule has 0 aliphatic carbocycles. The maximum Gasteiger partial charge on any atom is 0.284 e. The van der Waals surface area contributed by atoms with Crippen LogP contribution in [-0.4, -0.2) is 38.0 Å². The number of rotatable bonds is 5. The van der Waals surface area contributed by atoms with Crippen LogP contribution in [0.15, 0.2) is 52.8 Å². The third-order valence-electron chi connectivity index (χ3n) is 5.03. The number of hydrogen-bond acceptors (Lipinski definition) is 7. The van der Waals surface area contributed by atoms with Crippen molar-refractivity contribution in [2.75, 3.05) is 11.4 Å². The van der Waals surface area contributed by atoms with Crippen LogP contribution < -0.4 is 10.6 Å². The van der Waals surface area contributed by atoms with Crippen LogP contribution in [0.3, 0.4) is 0 Å². The zero-order chi connectivity index (χ0) is 22.1. The molecule has 0 atom stereocenters. The molecule has 0 saturated heterocycles. The average molecular weight is 438 g/mol. The Hall–Kier alpha value is -3.73. The summed E-state index contributed by atoms with van der Waals surface area (Å²) in [5.74, 6) is -0.923. The van der Waals surface area contributed by atoms with Crippen molar-refractivity contribution < 1.29 is 14.5 Å². The molecule has 2 aromatic carbocycles. The molecule has 0 bridgehead atoms. The van der Waals surface area contributed by atoms with Gasteiger partial charge in [-0.25, -0.2) is 0 Å². The van der Waals surface area contributed by atoms with Gasteiger partial charge >= 0.3 is 0 Å². The van der Waals surface area contributed by atoms with E-state index in [9.17, 15) is 19.7 Å². The molecule has 0 fully saturated rings. The first-order valence-electron chi connectivity index (χ1n) is 9.40. The number of nitrogens with two attached hydrogens (primary N) is 1. The van der Waals surface area contributed by atoms with Gasteiger partial charge in [0.05, 0.1) is 9.82 Å². The van der Waals surface area contributed by atoms with E-state index >= 15 is 0 Å². The number of fused-ring (bicyclic) bond motifs is 1. The summed E-state index contributed by atoms with van der Waals surface area (Å²) >= 11 is 1.10. The molecule has 0 spiro atoms. The SMILES string of the molecule is Cn1cnnc1Sc1ccc(C(=O)N2CCCc3c(C(N)=O)cccc32)cc1[N+](=O)[O-]. The zero-order valence-electron chi connectivity index (χ0n) is 16.5. The lowest BCUT2D eigenvalue weighted by molar-refractivity contribution is -0.387. The van der Waals surface area contributed by atoms with E-state index in [1.807, 2.05) is 0 Å². The smallest absolute Gasteiger partial charge is 0.284 e. The Balaban J connectivity index is 1.70. The van der Waals surface area contributed by atoms with Crippen molar-refractivity contribution in [2.24, 2.45) is 12.8 Å². The number of anilines is 1. The molecule has 1 aliphatic heterocycles. The fraction of sp³-hybridized carbons (Fsp3) is 0.200. The van der Waals surface area contributed by atoms with Crippen LogP contribution in [0.4, 0.5) is 11.4 Å². The number of nitro benzene ring substituents is 1. The molecule has 11 heteroatoms. The molecule has 0 unspecified atom stereocenters. The van der Waals surface area contributed by atoms with Crippen molar-refractivity contribution in [3.8, 4) is 0 Å². The van der Waals surface area contributed by atoms with Crippen LogP contribution in [0.5, 0.6) is 0 Å². The van der Waals surface area contributed by atoms with Gasteiger partial charge in [0.25, 0.3) is 11.6 Å². The third-order valence-corrected chi connectivity index (χ3v) is 6.15. The Kier molecular flexibility index (Phi) is 5.42. The highest BCUT2D eigenvalue weighted by atomic mass is 32.2. The summed E-state index contributed by atoms with van der Waals surface area (Å²) in [7, 11) is 1.74. The van der Waals surface area contributed by atoms with Gasteiger partial charge in [-0.05, 0) is 54.4 Å². The van der Waals surface area contributed by atoms with E-state index in [2.05, 4.69) is 10.2 Å². The van der Waals surface area contributed by atoms with Gasteiger partial charge in [-0.15, -0.1) is 10.2 Å². The van der Waals surface area contributed by atoms with E-state index in [-0.39, 0.29) is 17.2 Å². The molecule has 3 aromatic rings. The lowest BCUT2D eigenvalue weighted by Gasteiger charge is -2.30. The van der Waals surface area contributed by atoms with Crippen LogP contribution in [-0.2, 0) is 13.5 Å². The molecule has 31 heavy (non-hydrogen) atoms. The Bertz CT molecular complexity index is 1210. The first-order chi connectivity index (χ1) is 14.9. The molecule has 10 nitrogen and oxygen atoms in total. The number of primary amides is 1. The van der Waals surface area contributed by atoms with Crippen molar-refractivity contribution >= 4 is 35.0 Å².